The van der Waals surface area contributed by atoms with E-state index in [0.29, 0.717) is 24.3 Å². The van der Waals surface area contributed by atoms with E-state index in [4.69, 9.17) is 4.74 Å². The van der Waals surface area contributed by atoms with E-state index in [1.165, 1.54) is 0 Å². The van der Waals surface area contributed by atoms with Gasteiger partial charge >= 0.3 is 0 Å². The van der Waals surface area contributed by atoms with Gasteiger partial charge in [-0.15, -0.1) is 0 Å². The summed E-state index contributed by atoms with van der Waals surface area (Å²) in [6.07, 6.45) is 2.26. The lowest BCUT2D eigenvalue weighted by atomic mass is 9.96. The zero-order valence-corrected chi connectivity index (χ0v) is 10.7. The van der Waals surface area contributed by atoms with Gasteiger partial charge in [0.05, 0.1) is 23.9 Å². The number of benzene rings is 2. The van der Waals surface area contributed by atoms with Crippen LogP contribution in [0.3, 0.4) is 0 Å². The van der Waals surface area contributed by atoms with Crippen LogP contribution in [-0.4, -0.2) is 22.6 Å². The summed E-state index contributed by atoms with van der Waals surface area (Å²) in [5.41, 5.74) is 3.74. The number of aromatic nitrogens is 2. The third-order valence-electron chi connectivity index (χ3n) is 3.66. The largest absolute Gasteiger partial charge is 0.492 e. The van der Waals surface area contributed by atoms with Crippen molar-refractivity contribution in [1.29, 1.82) is 0 Å². The number of carbonyl (C=O) groups excluding carboxylic acids is 1. The summed E-state index contributed by atoms with van der Waals surface area (Å²) in [5.74, 6) is 0.830. The Bertz CT molecular complexity index is 820. The van der Waals surface area contributed by atoms with Crippen LogP contribution >= 0.6 is 0 Å². The molecule has 0 saturated carbocycles. The summed E-state index contributed by atoms with van der Waals surface area (Å²) in [6.45, 7) is 0.475. The maximum Gasteiger partial charge on any atom is 0.170 e. The Labute approximate surface area is 115 Å². The Kier molecular flexibility index (Phi) is 2.36. The van der Waals surface area contributed by atoms with Gasteiger partial charge in [-0.2, -0.15) is 5.10 Å². The van der Waals surface area contributed by atoms with E-state index in [1.807, 2.05) is 42.6 Å². The average molecular weight is 264 g/mol. The van der Waals surface area contributed by atoms with Gasteiger partial charge in [0.1, 0.15) is 5.75 Å². The number of carbonyl (C=O) groups is 1. The summed E-state index contributed by atoms with van der Waals surface area (Å²) in [5, 5.41) is 8.08. The monoisotopic (exact) mass is 264 g/mol. The number of nitrogens with zero attached hydrogens (tertiary/aromatic N) is 1. The van der Waals surface area contributed by atoms with Crippen molar-refractivity contribution in [3.63, 3.8) is 0 Å². The third kappa shape index (κ3) is 1.61. The first kappa shape index (κ1) is 11.2. The second-order valence-corrected chi connectivity index (χ2v) is 4.87. The summed E-state index contributed by atoms with van der Waals surface area (Å²) < 4.78 is 5.52. The normalized spacial score (nSPS) is 14.1. The highest BCUT2D eigenvalue weighted by Crippen LogP contribution is 2.33. The lowest BCUT2D eigenvalue weighted by molar-refractivity contribution is 0.0933. The number of Topliss-reactive ketones (excluding diaryl/α,β-unsaturated/α-hetero) is 1. The van der Waals surface area contributed by atoms with Gasteiger partial charge < -0.3 is 4.74 Å². The molecule has 2 heterocycles. The number of ketones is 1. The van der Waals surface area contributed by atoms with Crippen LogP contribution in [0.1, 0.15) is 16.8 Å². The Morgan fingerprint density at radius 3 is 3.05 bits per heavy atom. The predicted molar refractivity (Wildman–Crippen MR) is 76.0 cm³/mol. The lowest BCUT2D eigenvalue weighted by Crippen LogP contribution is -2.15. The molecule has 1 aliphatic rings. The number of hydrogen-bond donors (Lipinski definition) is 1. The molecule has 4 heteroatoms. The molecular weight excluding hydrogens is 252 g/mol. The SMILES string of the molecule is O=C1CCOc2ccc(-c3cccc4[nH]ncc34)cc21. The molecule has 0 unspecified atom stereocenters. The molecule has 0 atom stereocenters. The molecule has 0 radical (unpaired) electrons. The summed E-state index contributed by atoms with van der Waals surface area (Å²) in [6, 6.07) is 11.8. The fourth-order valence-electron chi connectivity index (χ4n) is 2.65. The predicted octanol–water partition coefficient (Wildman–Crippen LogP) is 3.20. The quantitative estimate of drug-likeness (QED) is 0.734. The first-order valence-electron chi connectivity index (χ1n) is 6.55. The molecule has 4 rings (SSSR count). The molecule has 1 aromatic heterocycles. The van der Waals surface area contributed by atoms with Gasteiger partial charge in [0.15, 0.2) is 5.78 Å². The summed E-state index contributed by atoms with van der Waals surface area (Å²) in [7, 11) is 0. The van der Waals surface area contributed by atoms with Gasteiger partial charge in [0.25, 0.3) is 0 Å². The van der Waals surface area contributed by atoms with Gasteiger partial charge in [0, 0.05) is 11.8 Å². The minimum atomic E-state index is 0.146. The lowest BCUT2D eigenvalue weighted by Gasteiger charge is -2.17. The van der Waals surface area contributed by atoms with Crippen LogP contribution in [0, 0.1) is 0 Å². The van der Waals surface area contributed by atoms with Crippen LogP contribution in [-0.2, 0) is 0 Å². The van der Waals surface area contributed by atoms with E-state index in [0.717, 1.165) is 22.0 Å². The third-order valence-corrected chi connectivity index (χ3v) is 3.66. The molecule has 0 spiro atoms. The van der Waals surface area contributed by atoms with Crippen molar-refractivity contribution >= 4 is 16.7 Å². The van der Waals surface area contributed by atoms with Crippen LogP contribution in [0.4, 0.5) is 0 Å². The number of fused-ring (bicyclic) bond motifs is 2. The van der Waals surface area contributed by atoms with E-state index in [1.54, 1.807) is 0 Å². The Hall–Kier alpha value is -2.62. The second kappa shape index (κ2) is 4.20. The van der Waals surface area contributed by atoms with Gasteiger partial charge in [0.2, 0.25) is 0 Å². The van der Waals surface area contributed by atoms with Gasteiger partial charge in [-0.05, 0) is 29.3 Å². The van der Waals surface area contributed by atoms with Crippen molar-refractivity contribution in [1.82, 2.24) is 10.2 Å². The molecule has 1 aliphatic heterocycles. The molecule has 4 nitrogen and oxygen atoms in total. The zero-order valence-electron chi connectivity index (χ0n) is 10.7. The fraction of sp³-hybridized carbons (Fsp3) is 0.125. The first-order valence-corrected chi connectivity index (χ1v) is 6.55. The molecule has 2 aromatic carbocycles. The molecule has 3 aromatic rings. The van der Waals surface area contributed by atoms with Crippen LogP contribution in [0.15, 0.2) is 42.6 Å². The Morgan fingerprint density at radius 2 is 2.10 bits per heavy atom. The number of H-pyrrole nitrogens is 1. The summed E-state index contributed by atoms with van der Waals surface area (Å²) in [4.78, 5) is 12.0. The minimum absolute atomic E-state index is 0.146. The molecular formula is C16H12N2O2. The van der Waals surface area contributed by atoms with Crippen molar-refractivity contribution in [3.05, 3.63) is 48.2 Å². The van der Waals surface area contributed by atoms with E-state index < -0.39 is 0 Å². The first-order chi connectivity index (χ1) is 9.83. The van der Waals surface area contributed by atoms with Crippen molar-refractivity contribution in [3.8, 4) is 16.9 Å². The van der Waals surface area contributed by atoms with Crippen LogP contribution in [0.2, 0.25) is 0 Å². The van der Waals surface area contributed by atoms with Crippen molar-refractivity contribution in [2.75, 3.05) is 6.61 Å². The highest BCUT2D eigenvalue weighted by Gasteiger charge is 2.19. The van der Waals surface area contributed by atoms with E-state index in [2.05, 4.69) is 10.2 Å². The molecule has 0 saturated heterocycles. The van der Waals surface area contributed by atoms with Crippen LogP contribution in [0.5, 0.6) is 5.75 Å². The molecule has 20 heavy (non-hydrogen) atoms. The van der Waals surface area contributed by atoms with E-state index in [9.17, 15) is 4.79 Å². The highest BCUT2D eigenvalue weighted by atomic mass is 16.5. The van der Waals surface area contributed by atoms with Crippen LogP contribution in [0.25, 0.3) is 22.0 Å². The van der Waals surface area contributed by atoms with Crippen LogP contribution < -0.4 is 4.74 Å². The molecule has 0 aliphatic carbocycles. The molecule has 98 valence electrons. The Balaban J connectivity index is 1.93. The van der Waals surface area contributed by atoms with Gasteiger partial charge in [-0.25, -0.2) is 0 Å². The summed E-state index contributed by atoms with van der Waals surface area (Å²) >= 11 is 0. The number of rotatable bonds is 1. The Morgan fingerprint density at radius 1 is 1.15 bits per heavy atom. The molecule has 0 amide bonds. The maximum absolute atomic E-state index is 12.0. The number of aromatic amines is 1. The van der Waals surface area contributed by atoms with Gasteiger partial charge in [-0.1, -0.05) is 18.2 Å². The topological polar surface area (TPSA) is 55.0 Å². The van der Waals surface area contributed by atoms with Gasteiger partial charge in [-0.3, -0.25) is 9.89 Å². The van der Waals surface area contributed by atoms with Crippen molar-refractivity contribution in [2.24, 2.45) is 0 Å². The number of ether oxygens (including phenoxy) is 1. The number of hydrogen-bond acceptors (Lipinski definition) is 3. The second-order valence-electron chi connectivity index (χ2n) is 4.87. The standard InChI is InChI=1S/C16H12N2O2/c19-15-6-7-20-16-5-4-10(8-12(15)16)11-2-1-3-14-13(11)9-17-18-14/h1-5,8-9H,6-7H2,(H,17,18). The molecule has 0 fully saturated rings. The minimum Gasteiger partial charge on any atom is -0.492 e. The van der Waals surface area contributed by atoms with Crippen molar-refractivity contribution in [2.45, 2.75) is 6.42 Å². The number of nitrogens with one attached hydrogen (secondary N) is 1. The molecule has 0 bridgehead atoms. The maximum atomic E-state index is 12.0. The highest BCUT2D eigenvalue weighted by molar-refractivity contribution is 6.02. The van der Waals surface area contributed by atoms with E-state index >= 15 is 0 Å². The fourth-order valence-corrected chi connectivity index (χ4v) is 2.65. The van der Waals surface area contributed by atoms with E-state index in [-0.39, 0.29) is 5.78 Å². The zero-order chi connectivity index (χ0) is 13.5. The average Bonchev–Trinajstić information content (AvgIpc) is 2.96. The smallest absolute Gasteiger partial charge is 0.170 e. The molecule has 1 N–H and O–H groups in total. The van der Waals surface area contributed by atoms with Crippen molar-refractivity contribution < 1.29 is 9.53 Å².